The summed E-state index contributed by atoms with van der Waals surface area (Å²) in [5, 5.41) is 0. The minimum absolute atomic E-state index is 0.0223. The first kappa shape index (κ1) is 20.2. The second-order valence-electron chi connectivity index (χ2n) is 7.33. The number of rotatable bonds is 9. The molecule has 7 heteroatoms. The number of aryl methyl sites for hydroxylation is 1. The molecule has 0 bridgehead atoms. The van der Waals surface area contributed by atoms with E-state index in [1.807, 2.05) is 45.2 Å². The molecule has 1 aromatic carbocycles. The summed E-state index contributed by atoms with van der Waals surface area (Å²) in [5.41, 5.74) is 1.95. The predicted molar refractivity (Wildman–Crippen MR) is 106 cm³/mol. The lowest BCUT2D eigenvalue weighted by Gasteiger charge is -2.24. The Morgan fingerprint density at radius 1 is 1.00 bits per heavy atom. The molecule has 0 unspecified atom stereocenters. The first-order chi connectivity index (χ1) is 12.3. The van der Waals surface area contributed by atoms with Gasteiger partial charge in [0.25, 0.3) is 5.91 Å². The van der Waals surface area contributed by atoms with E-state index in [-0.39, 0.29) is 11.6 Å². The van der Waals surface area contributed by atoms with E-state index in [2.05, 4.69) is 14.8 Å². The molecule has 0 saturated carbocycles. The van der Waals surface area contributed by atoms with Crippen LogP contribution in [0.15, 0.2) is 23.0 Å². The van der Waals surface area contributed by atoms with Gasteiger partial charge in [-0.2, -0.15) is 0 Å². The van der Waals surface area contributed by atoms with Crippen LogP contribution in [0, 0.1) is 0 Å². The Labute approximate surface area is 155 Å². The normalized spacial score (nSPS) is 11.7. The summed E-state index contributed by atoms with van der Waals surface area (Å²) in [6, 6.07) is 5.42. The molecular weight excluding hydrogens is 330 g/mol. The van der Waals surface area contributed by atoms with Gasteiger partial charge in [0.15, 0.2) is 0 Å². The maximum absolute atomic E-state index is 13.0. The molecule has 0 atom stereocenters. The number of carbonyl (C=O) groups is 1. The minimum Gasteiger partial charge on any atom is -0.339 e. The third kappa shape index (κ3) is 5.19. The smallest absolute Gasteiger partial charge is 0.326 e. The third-order valence-electron chi connectivity index (χ3n) is 4.51. The van der Waals surface area contributed by atoms with Gasteiger partial charge in [0.2, 0.25) is 0 Å². The van der Waals surface area contributed by atoms with Gasteiger partial charge in [-0.1, -0.05) is 0 Å². The molecule has 2 aromatic rings. The fourth-order valence-electron chi connectivity index (χ4n) is 3.02. The molecule has 144 valence electrons. The zero-order chi connectivity index (χ0) is 19.3. The number of H-pyrrole nitrogens is 1. The van der Waals surface area contributed by atoms with Gasteiger partial charge < -0.3 is 19.7 Å². The second kappa shape index (κ2) is 9.00. The van der Waals surface area contributed by atoms with Crippen LogP contribution in [0.4, 0.5) is 0 Å². The number of aromatic amines is 1. The fraction of sp³-hybridized carbons (Fsp3) is 0.579. The predicted octanol–water partition coefficient (Wildman–Crippen LogP) is 1.21. The average molecular weight is 361 g/mol. The standard InChI is InChI=1S/C19H31N5O2/c1-21(2)10-6-12-24(13-7-11-22(3)4)18(25)15-8-9-17-16(14-15)20-19(26)23(17)5/h8-9,14H,6-7,10-13H2,1-5H3,(H,20,26). The van der Waals surface area contributed by atoms with E-state index in [9.17, 15) is 9.59 Å². The van der Waals surface area contributed by atoms with Crippen LogP contribution in [-0.4, -0.2) is 84.5 Å². The molecule has 7 nitrogen and oxygen atoms in total. The lowest BCUT2D eigenvalue weighted by Crippen LogP contribution is -2.35. The van der Waals surface area contributed by atoms with Crippen molar-refractivity contribution in [2.24, 2.45) is 7.05 Å². The molecule has 1 aromatic heterocycles. The maximum Gasteiger partial charge on any atom is 0.326 e. The van der Waals surface area contributed by atoms with Crippen LogP contribution in [0.5, 0.6) is 0 Å². The number of imidazole rings is 1. The average Bonchev–Trinajstić information content (AvgIpc) is 2.86. The molecule has 1 N–H and O–H groups in total. The largest absolute Gasteiger partial charge is 0.339 e. The van der Waals surface area contributed by atoms with Crippen molar-refractivity contribution in [1.82, 2.24) is 24.3 Å². The Balaban J connectivity index is 2.16. The molecule has 1 heterocycles. The van der Waals surface area contributed by atoms with E-state index in [0.717, 1.165) is 44.5 Å². The molecule has 26 heavy (non-hydrogen) atoms. The Morgan fingerprint density at radius 3 is 2.12 bits per heavy atom. The highest BCUT2D eigenvalue weighted by Crippen LogP contribution is 2.14. The summed E-state index contributed by atoms with van der Waals surface area (Å²) in [6.45, 7) is 3.35. The van der Waals surface area contributed by atoms with E-state index >= 15 is 0 Å². The first-order valence-corrected chi connectivity index (χ1v) is 9.07. The number of nitrogens with zero attached hydrogens (tertiary/aromatic N) is 4. The summed E-state index contributed by atoms with van der Waals surface area (Å²) in [6.07, 6.45) is 1.87. The van der Waals surface area contributed by atoms with Gasteiger partial charge >= 0.3 is 5.69 Å². The number of benzene rings is 1. The third-order valence-corrected chi connectivity index (χ3v) is 4.51. The van der Waals surface area contributed by atoms with Gasteiger partial charge in [-0.3, -0.25) is 9.36 Å². The van der Waals surface area contributed by atoms with E-state index < -0.39 is 0 Å². The number of fused-ring (bicyclic) bond motifs is 1. The number of hydrogen-bond acceptors (Lipinski definition) is 4. The molecule has 0 radical (unpaired) electrons. The van der Waals surface area contributed by atoms with Crippen molar-refractivity contribution in [1.29, 1.82) is 0 Å². The number of aromatic nitrogens is 2. The number of amides is 1. The van der Waals surface area contributed by atoms with Crippen LogP contribution < -0.4 is 5.69 Å². The maximum atomic E-state index is 13.0. The summed E-state index contributed by atoms with van der Waals surface area (Å²) >= 11 is 0. The summed E-state index contributed by atoms with van der Waals surface area (Å²) < 4.78 is 1.55. The van der Waals surface area contributed by atoms with Crippen molar-refractivity contribution in [3.8, 4) is 0 Å². The van der Waals surface area contributed by atoms with Crippen molar-refractivity contribution in [2.45, 2.75) is 12.8 Å². The van der Waals surface area contributed by atoms with E-state index in [0.29, 0.717) is 11.1 Å². The number of nitrogens with one attached hydrogen (secondary N) is 1. The Bertz CT molecular complexity index is 777. The van der Waals surface area contributed by atoms with Gasteiger partial charge in [-0.15, -0.1) is 0 Å². The van der Waals surface area contributed by atoms with Crippen LogP contribution >= 0.6 is 0 Å². The Hall–Kier alpha value is -2.12. The Morgan fingerprint density at radius 2 is 1.58 bits per heavy atom. The quantitative estimate of drug-likeness (QED) is 0.729. The molecule has 0 saturated heterocycles. The lowest BCUT2D eigenvalue weighted by molar-refractivity contribution is 0.0745. The van der Waals surface area contributed by atoms with Gasteiger partial charge in [-0.25, -0.2) is 4.79 Å². The fourth-order valence-corrected chi connectivity index (χ4v) is 3.02. The molecule has 0 aliphatic carbocycles. The molecule has 2 rings (SSSR count). The summed E-state index contributed by atoms with van der Waals surface area (Å²) in [5.74, 6) is 0.0223. The monoisotopic (exact) mass is 361 g/mol. The van der Waals surface area contributed by atoms with Crippen LogP contribution in [0.1, 0.15) is 23.2 Å². The molecular formula is C19H31N5O2. The molecule has 1 amide bonds. The van der Waals surface area contributed by atoms with Crippen LogP contribution in [0.25, 0.3) is 11.0 Å². The highest BCUT2D eigenvalue weighted by molar-refractivity contribution is 5.97. The molecule has 0 aliphatic rings. The Kier molecular flexibility index (Phi) is 6.99. The van der Waals surface area contributed by atoms with Crippen LogP contribution in [0.2, 0.25) is 0 Å². The molecule has 0 spiro atoms. The topological polar surface area (TPSA) is 64.6 Å². The zero-order valence-electron chi connectivity index (χ0n) is 16.6. The zero-order valence-corrected chi connectivity index (χ0v) is 16.6. The second-order valence-corrected chi connectivity index (χ2v) is 7.33. The van der Waals surface area contributed by atoms with Crippen molar-refractivity contribution in [2.75, 3.05) is 54.4 Å². The highest BCUT2D eigenvalue weighted by Gasteiger charge is 2.17. The summed E-state index contributed by atoms with van der Waals surface area (Å²) in [4.78, 5) is 33.8. The SMILES string of the molecule is CN(C)CCCN(CCCN(C)C)C(=O)c1ccc2c(c1)[nH]c(=O)n2C. The minimum atomic E-state index is -0.168. The van der Waals surface area contributed by atoms with Crippen LogP contribution in [-0.2, 0) is 7.05 Å². The number of carbonyl (C=O) groups excluding carboxylic acids is 1. The van der Waals surface area contributed by atoms with Crippen molar-refractivity contribution in [3.05, 3.63) is 34.2 Å². The summed E-state index contributed by atoms with van der Waals surface area (Å²) in [7, 11) is 9.88. The van der Waals surface area contributed by atoms with Crippen molar-refractivity contribution < 1.29 is 4.79 Å². The van der Waals surface area contributed by atoms with Crippen molar-refractivity contribution in [3.63, 3.8) is 0 Å². The van der Waals surface area contributed by atoms with Gasteiger partial charge in [0.05, 0.1) is 11.0 Å². The molecule has 0 fully saturated rings. The first-order valence-electron chi connectivity index (χ1n) is 9.07. The van der Waals surface area contributed by atoms with Crippen LogP contribution in [0.3, 0.4) is 0 Å². The molecule has 0 aliphatic heterocycles. The van der Waals surface area contributed by atoms with Gasteiger partial charge in [0, 0.05) is 25.7 Å². The van der Waals surface area contributed by atoms with E-state index in [4.69, 9.17) is 0 Å². The van der Waals surface area contributed by atoms with E-state index in [1.165, 1.54) is 0 Å². The highest BCUT2D eigenvalue weighted by atomic mass is 16.2. The van der Waals surface area contributed by atoms with E-state index in [1.54, 1.807) is 17.7 Å². The van der Waals surface area contributed by atoms with Gasteiger partial charge in [0.1, 0.15) is 0 Å². The van der Waals surface area contributed by atoms with Crippen molar-refractivity contribution >= 4 is 16.9 Å². The van der Waals surface area contributed by atoms with Gasteiger partial charge in [-0.05, 0) is 72.3 Å². The lowest BCUT2D eigenvalue weighted by atomic mass is 10.1. The number of hydrogen-bond donors (Lipinski definition) is 1.